The normalized spacial score (nSPS) is 12.1. The van der Waals surface area contributed by atoms with Gasteiger partial charge < -0.3 is 20.3 Å². The number of ether oxygens (including phenoxy) is 2. The SMILES string of the molecule is NC(Cc1ccccc1)C(=O)OCCOCCO. The van der Waals surface area contributed by atoms with Crippen molar-refractivity contribution < 1.29 is 19.4 Å². The highest BCUT2D eigenvalue weighted by Crippen LogP contribution is 2.02. The van der Waals surface area contributed by atoms with Crippen LogP contribution in [0.4, 0.5) is 0 Å². The molecule has 0 bridgehead atoms. The van der Waals surface area contributed by atoms with Crippen LogP contribution in [-0.2, 0) is 20.7 Å². The van der Waals surface area contributed by atoms with Gasteiger partial charge in [0.25, 0.3) is 0 Å². The van der Waals surface area contributed by atoms with Crippen LogP contribution < -0.4 is 5.73 Å². The lowest BCUT2D eigenvalue weighted by atomic mass is 10.1. The third-order valence-electron chi connectivity index (χ3n) is 2.31. The molecular weight excluding hydrogens is 234 g/mol. The molecular formula is C13H19NO4. The molecule has 1 aromatic rings. The fraction of sp³-hybridized carbons (Fsp3) is 0.462. The van der Waals surface area contributed by atoms with Crippen LogP contribution in [0.25, 0.3) is 0 Å². The Kier molecular flexibility index (Phi) is 7.01. The standard InChI is InChI=1S/C13H19NO4/c14-12(10-11-4-2-1-3-5-11)13(16)18-9-8-17-7-6-15/h1-5,12,15H,6-10,14H2. The fourth-order valence-corrected chi connectivity index (χ4v) is 1.43. The maximum Gasteiger partial charge on any atom is 0.323 e. The van der Waals surface area contributed by atoms with Gasteiger partial charge in [-0.2, -0.15) is 0 Å². The minimum Gasteiger partial charge on any atom is -0.462 e. The lowest BCUT2D eigenvalue weighted by Crippen LogP contribution is -2.35. The second-order valence-corrected chi connectivity index (χ2v) is 3.80. The van der Waals surface area contributed by atoms with Gasteiger partial charge in [-0.25, -0.2) is 0 Å². The molecule has 0 aromatic heterocycles. The molecule has 0 amide bonds. The van der Waals surface area contributed by atoms with Crippen LogP contribution in [0.15, 0.2) is 30.3 Å². The summed E-state index contributed by atoms with van der Waals surface area (Å²) in [4.78, 5) is 11.5. The zero-order valence-electron chi connectivity index (χ0n) is 10.2. The van der Waals surface area contributed by atoms with E-state index in [4.69, 9.17) is 20.3 Å². The van der Waals surface area contributed by atoms with Crippen LogP contribution in [0.2, 0.25) is 0 Å². The van der Waals surface area contributed by atoms with Crippen molar-refractivity contribution in [2.24, 2.45) is 5.73 Å². The summed E-state index contributed by atoms with van der Waals surface area (Å²) in [5, 5.41) is 8.47. The van der Waals surface area contributed by atoms with Crippen molar-refractivity contribution in [3.05, 3.63) is 35.9 Å². The van der Waals surface area contributed by atoms with E-state index in [0.717, 1.165) is 5.56 Å². The molecule has 0 fully saturated rings. The highest BCUT2D eigenvalue weighted by atomic mass is 16.6. The molecule has 0 heterocycles. The molecule has 0 aliphatic carbocycles. The van der Waals surface area contributed by atoms with E-state index in [0.29, 0.717) is 6.42 Å². The molecule has 1 rings (SSSR count). The monoisotopic (exact) mass is 253 g/mol. The number of carbonyl (C=O) groups excluding carboxylic acids is 1. The van der Waals surface area contributed by atoms with Crippen LogP contribution in [0.3, 0.4) is 0 Å². The van der Waals surface area contributed by atoms with Crippen molar-refractivity contribution in [2.75, 3.05) is 26.4 Å². The zero-order chi connectivity index (χ0) is 13.2. The molecule has 1 unspecified atom stereocenters. The zero-order valence-corrected chi connectivity index (χ0v) is 10.2. The van der Waals surface area contributed by atoms with Crippen LogP contribution >= 0.6 is 0 Å². The van der Waals surface area contributed by atoms with Gasteiger partial charge in [-0.3, -0.25) is 4.79 Å². The number of aliphatic hydroxyl groups is 1. The molecule has 5 nitrogen and oxygen atoms in total. The summed E-state index contributed by atoms with van der Waals surface area (Å²) in [7, 11) is 0. The number of hydrogen-bond donors (Lipinski definition) is 2. The molecule has 1 atom stereocenters. The number of esters is 1. The number of hydrogen-bond acceptors (Lipinski definition) is 5. The molecule has 1 aromatic carbocycles. The molecule has 0 aliphatic heterocycles. The van der Waals surface area contributed by atoms with Crippen molar-refractivity contribution >= 4 is 5.97 Å². The molecule has 0 saturated carbocycles. The molecule has 0 radical (unpaired) electrons. The Labute approximate surface area is 107 Å². The van der Waals surface area contributed by atoms with Gasteiger partial charge in [0.1, 0.15) is 12.6 Å². The van der Waals surface area contributed by atoms with Gasteiger partial charge >= 0.3 is 5.97 Å². The maximum atomic E-state index is 11.5. The molecule has 3 N–H and O–H groups in total. The lowest BCUT2D eigenvalue weighted by Gasteiger charge is -2.11. The number of rotatable bonds is 8. The predicted molar refractivity (Wildman–Crippen MR) is 67.0 cm³/mol. The third-order valence-corrected chi connectivity index (χ3v) is 2.31. The largest absolute Gasteiger partial charge is 0.462 e. The van der Waals surface area contributed by atoms with Gasteiger partial charge in [0.15, 0.2) is 0 Å². The van der Waals surface area contributed by atoms with Crippen LogP contribution in [0, 0.1) is 0 Å². The van der Waals surface area contributed by atoms with Gasteiger partial charge in [0.05, 0.1) is 19.8 Å². The second kappa shape index (κ2) is 8.63. The first-order chi connectivity index (χ1) is 8.74. The first kappa shape index (κ1) is 14.6. The van der Waals surface area contributed by atoms with E-state index in [1.165, 1.54) is 0 Å². The van der Waals surface area contributed by atoms with E-state index < -0.39 is 12.0 Å². The first-order valence-corrected chi connectivity index (χ1v) is 5.88. The van der Waals surface area contributed by atoms with Gasteiger partial charge in [0, 0.05) is 0 Å². The quantitative estimate of drug-likeness (QED) is 0.507. The minimum atomic E-state index is -0.662. The molecule has 100 valence electrons. The van der Waals surface area contributed by atoms with Crippen LogP contribution in [-0.4, -0.2) is 43.5 Å². The first-order valence-electron chi connectivity index (χ1n) is 5.88. The summed E-state index contributed by atoms with van der Waals surface area (Å²) in [6.45, 7) is 0.626. The Bertz CT molecular complexity index is 342. The fourth-order valence-electron chi connectivity index (χ4n) is 1.43. The number of carbonyl (C=O) groups is 1. The molecule has 0 saturated heterocycles. The van der Waals surface area contributed by atoms with Crippen molar-refractivity contribution in [1.29, 1.82) is 0 Å². The van der Waals surface area contributed by atoms with Gasteiger partial charge in [-0.15, -0.1) is 0 Å². The van der Waals surface area contributed by atoms with E-state index in [2.05, 4.69) is 0 Å². The Morgan fingerprint density at radius 3 is 2.61 bits per heavy atom. The molecule has 0 aliphatic rings. The van der Waals surface area contributed by atoms with Crippen molar-refractivity contribution in [2.45, 2.75) is 12.5 Å². The van der Waals surface area contributed by atoms with Gasteiger partial charge in [-0.05, 0) is 12.0 Å². The summed E-state index contributed by atoms with van der Waals surface area (Å²) < 4.78 is 9.92. The molecule has 0 spiro atoms. The smallest absolute Gasteiger partial charge is 0.323 e. The maximum absolute atomic E-state index is 11.5. The molecule has 18 heavy (non-hydrogen) atoms. The third kappa shape index (κ3) is 5.77. The Morgan fingerprint density at radius 2 is 1.94 bits per heavy atom. The Morgan fingerprint density at radius 1 is 1.22 bits per heavy atom. The number of nitrogens with two attached hydrogens (primary N) is 1. The van der Waals surface area contributed by atoms with E-state index >= 15 is 0 Å². The van der Waals surface area contributed by atoms with Crippen molar-refractivity contribution in [3.63, 3.8) is 0 Å². The Balaban J connectivity index is 2.21. The van der Waals surface area contributed by atoms with Crippen molar-refractivity contribution in [1.82, 2.24) is 0 Å². The van der Waals surface area contributed by atoms with E-state index in [1.807, 2.05) is 30.3 Å². The highest BCUT2D eigenvalue weighted by molar-refractivity contribution is 5.75. The highest BCUT2D eigenvalue weighted by Gasteiger charge is 2.15. The average molecular weight is 253 g/mol. The topological polar surface area (TPSA) is 81.8 Å². The summed E-state index contributed by atoms with van der Waals surface area (Å²) in [6.07, 6.45) is 0.456. The second-order valence-electron chi connectivity index (χ2n) is 3.80. The summed E-state index contributed by atoms with van der Waals surface area (Å²) in [5.74, 6) is -0.438. The Hall–Kier alpha value is -1.43. The van der Waals surface area contributed by atoms with E-state index in [-0.39, 0.29) is 26.4 Å². The van der Waals surface area contributed by atoms with Crippen LogP contribution in [0.1, 0.15) is 5.56 Å². The van der Waals surface area contributed by atoms with Gasteiger partial charge in [-0.1, -0.05) is 30.3 Å². The summed E-state index contributed by atoms with van der Waals surface area (Å²) >= 11 is 0. The van der Waals surface area contributed by atoms with E-state index in [9.17, 15) is 4.79 Å². The predicted octanol–water partition coefficient (Wildman–Crippen LogP) is 0.108. The van der Waals surface area contributed by atoms with E-state index in [1.54, 1.807) is 0 Å². The summed E-state index contributed by atoms with van der Waals surface area (Å²) in [6, 6.07) is 8.87. The van der Waals surface area contributed by atoms with Crippen molar-refractivity contribution in [3.8, 4) is 0 Å². The lowest BCUT2D eigenvalue weighted by molar-refractivity contribution is -0.146. The minimum absolute atomic E-state index is 0.0402. The number of aliphatic hydroxyl groups excluding tert-OH is 1. The summed E-state index contributed by atoms with van der Waals surface area (Å²) in [5.41, 5.74) is 6.73. The van der Waals surface area contributed by atoms with Gasteiger partial charge in [0.2, 0.25) is 0 Å². The molecule has 5 heteroatoms. The average Bonchev–Trinajstić information content (AvgIpc) is 2.39. The number of benzene rings is 1. The van der Waals surface area contributed by atoms with Crippen LogP contribution in [0.5, 0.6) is 0 Å².